The summed E-state index contributed by atoms with van der Waals surface area (Å²) in [6.07, 6.45) is 1.63. The number of rotatable bonds is 4. The monoisotopic (exact) mass is 325 g/mol. The third-order valence-corrected chi connectivity index (χ3v) is 3.65. The van der Waals surface area contributed by atoms with Crippen LogP contribution in [0.2, 0.25) is 0 Å². The van der Waals surface area contributed by atoms with Crippen molar-refractivity contribution in [1.82, 2.24) is 4.90 Å². The number of hydrogen-bond acceptors (Lipinski definition) is 5. The molecule has 1 atom stereocenters. The van der Waals surface area contributed by atoms with Gasteiger partial charge in [-0.05, 0) is 25.2 Å². The number of methoxy groups -OCH3 is 2. The Bertz CT molecular complexity index is 628. The fraction of sp³-hybridized carbons (Fsp3) is 0.375. The van der Waals surface area contributed by atoms with Gasteiger partial charge in [-0.3, -0.25) is 4.90 Å². The van der Waals surface area contributed by atoms with Crippen molar-refractivity contribution in [3.05, 3.63) is 41.9 Å². The van der Waals surface area contributed by atoms with Gasteiger partial charge in [-0.2, -0.15) is 0 Å². The molecule has 2 heterocycles. The first kappa shape index (κ1) is 16.5. The van der Waals surface area contributed by atoms with E-state index in [-0.39, 0.29) is 18.5 Å². The number of fused-ring (bicyclic) bond motifs is 1. The van der Waals surface area contributed by atoms with E-state index in [1.165, 1.54) is 0 Å². The molecular weight excluding hydrogens is 306 g/mol. The maximum Gasteiger partial charge on any atom is 0.203 e. The van der Waals surface area contributed by atoms with Crippen LogP contribution in [0.15, 0.2) is 34.9 Å². The molecule has 0 saturated carbocycles. The highest BCUT2D eigenvalue weighted by Gasteiger charge is 2.28. The molecular formula is C16H20ClNO4. The molecule has 1 aromatic heterocycles. The summed E-state index contributed by atoms with van der Waals surface area (Å²) in [5.74, 6) is 2.89. The molecule has 6 heteroatoms. The summed E-state index contributed by atoms with van der Waals surface area (Å²) in [6, 6.07) is 7.59. The lowest BCUT2D eigenvalue weighted by Gasteiger charge is -2.29. The summed E-state index contributed by atoms with van der Waals surface area (Å²) in [6.45, 7) is 1.60. The average molecular weight is 326 g/mol. The van der Waals surface area contributed by atoms with Crippen molar-refractivity contribution in [3.63, 3.8) is 0 Å². The molecule has 1 unspecified atom stereocenters. The van der Waals surface area contributed by atoms with Gasteiger partial charge >= 0.3 is 0 Å². The summed E-state index contributed by atoms with van der Waals surface area (Å²) in [7, 11) is 5.27. The van der Waals surface area contributed by atoms with Crippen LogP contribution in [-0.4, -0.2) is 32.7 Å². The van der Waals surface area contributed by atoms with E-state index >= 15 is 0 Å². The number of para-hydroxylation sites is 1. The minimum atomic E-state index is -0.0847. The predicted octanol–water partition coefficient (Wildman–Crippen LogP) is 3.28. The minimum absolute atomic E-state index is 0. The molecule has 0 N–H and O–H groups in total. The maximum atomic E-state index is 6.17. The first-order chi connectivity index (χ1) is 10.2. The van der Waals surface area contributed by atoms with Gasteiger partial charge in [-0.15, -0.1) is 12.4 Å². The van der Waals surface area contributed by atoms with Crippen LogP contribution in [0.4, 0.5) is 0 Å². The second-order valence-corrected chi connectivity index (χ2v) is 5.09. The van der Waals surface area contributed by atoms with Gasteiger partial charge in [0.05, 0.1) is 27.0 Å². The summed E-state index contributed by atoms with van der Waals surface area (Å²) in [4.78, 5) is 2.17. The summed E-state index contributed by atoms with van der Waals surface area (Å²) in [5.41, 5.74) is 1.10. The highest BCUT2D eigenvalue weighted by molar-refractivity contribution is 5.85. The Morgan fingerprint density at radius 3 is 2.64 bits per heavy atom. The van der Waals surface area contributed by atoms with Crippen molar-refractivity contribution in [2.24, 2.45) is 0 Å². The van der Waals surface area contributed by atoms with Crippen molar-refractivity contribution in [2.45, 2.75) is 12.6 Å². The third-order valence-electron chi connectivity index (χ3n) is 3.65. The van der Waals surface area contributed by atoms with Crippen LogP contribution in [0, 0.1) is 0 Å². The largest absolute Gasteiger partial charge is 0.493 e. The molecule has 0 aliphatic carbocycles. The van der Waals surface area contributed by atoms with Crippen LogP contribution in [-0.2, 0) is 6.54 Å². The standard InChI is InChI=1S/C16H19NO4.ClH/c1-17-9-14-11(7-8-20-14)15(10-17)21-13-6-4-5-12(18-2)16(13)19-3;/h4-8,15H,9-10H2,1-3H3;1H. The van der Waals surface area contributed by atoms with Gasteiger partial charge in [0.25, 0.3) is 0 Å². The molecule has 0 saturated heterocycles. The fourth-order valence-corrected chi connectivity index (χ4v) is 2.66. The Labute approximate surface area is 136 Å². The number of furan rings is 1. The second kappa shape index (κ2) is 6.94. The first-order valence-corrected chi connectivity index (χ1v) is 6.85. The van der Waals surface area contributed by atoms with Gasteiger partial charge in [0.2, 0.25) is 5.75 Å². The SMILES string of the molecule is COc1cccc(OC2CN(C)Cc3occc32)c1OC.Cl. The van der Waals surface area contributed by atoms with E-state index in [4.69, 9.17) is 18.6 Å². The van der Waals surface area contributed by atoms with Crippen molar-refractivity contribution in [1.29, 1.82) is 0 Å². The number of benzene rings is 1. The van der Waals surface area contributed by atoms with Gasteiger partial charge in [0.15, 0.2) is 11.5 Å². The summed E-state index contributed by atoms with van der Waals surface area (Å²) in [5, 5.41) is 0. The molecule has 1 aliphatic heterocycles. The van der Waals surface area contributed by atoms with Crippen molar-refractivity contribution < 1.29 is 18.6 Å². The van der Waals surface area contributed by atoms with Gasteiger partial charge in [-0.25, -0.2) is 0 Å². The van der Waals surface area contributed by atoms with Gasteiger partial charge in [0.1, 0.15) is 11.9 Å². The van der Waals surface area contributed by atoms with E-state index in [2.05, 4.69) is 4.90 Å². The Morgan fingerprint density at radius 2 is 1.91 bits per heavy atom. The zero-order valence-corrected chi connectivity index (χ0v) is 13.7. The van der Waals surface area contributed by atoms with Crippen LogP contribution in [0.25, 0.3) is 0 Å². The minimum Gasteiger partial charge on any atom is -0.493 e. The quantitative estimate of drug-likeness (QED) is 0.863. The molecule has 0 amide bonds. The van der Waals surface area contributed by atoms with E-state index in [1.54, 1.807) is 20.5 Å². The molecule has 0 fully saturated rings. The van der Waals surface area contributed by atoms with E-state index < -0.39 is 0 Å². The predicted molar refractivity (Wildman–Crippen MR) is 85.2 cm³/mol. The Balaban J connectivity index is 0.00000176. The smallest absolute Gasteiger partial charge is 0.203 e. The molecule has 3 rings (SSSR count). The van der Waals surface area contributed by atoms with Crippen LogP contribution < -0.4 is 14.2 Å². The van der Waals surface area contributed by atoms with E-state index in [0.29, 0.717) is 17.2 Å². The van der Waals surface area contributed by atoms with Crippen LogP contribution in [0.3, 0.4) is 0 Å². The number of ether oxygens (including phenoxy) is 3. The molecule has 5 nitrogen and oxygen atoms in total. The lowest BCUT2D eigenvalue weighted by atomic mass is 10.1. The molecule has 1 aliphatic rings. The zero-order chi connectivity index (χ0) is 14.8. The molecule has 22 heavy (non-hydrogen) atoms. The van der Waals surface area contributed by atoms with Crippen LogP contribution in [0.5, 0.6) is 17.2 Å². The summed E-state index contributed by atoms with van der Waals surface area (Å²) < 4.78 is 22.4. The van der Waals surface area contributed by atoms with Crippen LogP contribution in [0.1, 0.15) is 17.4 Å². The molecule has 120 valence electrons. The van der Waals surface area contributed by atoms with E-state index in [9.17, 15) is 0 Å². The molecule has 0 bridgehead atoms. The Kier molecular flexibility index (Phi) is 5.21. The highest BCUT2D eigenvalue weighted by Crippen LogP contribution is 2.40. The molecule has 0 spiro atoms. The molecule has 0 radical (unpaired) electrons. The number of hydrogen-bond donors (Lipinski definition) is 0. The molecule has 2 aromatic rings. The van der Waals surface area contributed by atoms with Gasteiger partial charge in [0, 0.05) is 12.1 Å². The second-order valence-electron chi connectivity index (χ2n) is 5.09. The molecule has 1 aromatic carbocycles. The normalized spacial score (nSPS) is 17.3. The van der Waals surface area contributed by atoms with E-state index in [0.717, 1.165) is 24.4 Å². The topological polar surface area (TPSA) is 44.1 Å². The lowest BCUT2D eigenvalue weighted by molar-refractivity contribution is 0.116. The summed E-state index contributed by atoms with van der Waals surface area (Å²) >= 11 is 0. The third kappa shape index (κ3) is 3.00. The number of halogens is 1. The number of nitrogens with zero attached hydrogens (tertiary/aromatic N) is 1. The maximum absolute atomic E-state index is 6.17. The zero-order valence-electron chi connectivity index (χ0n) is 12.9. The average Bonchev–Trinajstić information content (AvgIpc) is 2.95. The fourth-order valence-electron chi connectivity index (χ4n) is 2.66. The lowest BCUT2D eigenvalue weighted by Crippen LogP contribution is -2.32. The van der Waals surface area contributed by atoms with Crippen molar-refractivity contribution in [2.75, 3.05) is 27.8 Å². The number of likely N-dealkylation sites (N-methyl/N-ethyl adjacent to an activating group) is 1. The Morgan fingerprint density at radius 1 is 1.14 bits per heavy atom. The van der Waals surface area contributed by atoms with Gasteiger partial charge < -0.3 is 18.6 Å². The van der Waals surface area contributed by atoms with Crippen molar-refractivity contribution >= 4 is 12.4 Å². The van der Waals surface area contributed by atoms with E-state index in [1.807, 2.05) is 31.3 Å². The Hall–Kier alpha value is -1.85. The van der Waals surface area contributed by atoms with Crippen LogP contribution >= 0.6 is 12.4 Å². The van der Waals surface area contributed by atoms with Gasteiger partial charge in [-0.1, -0.05) is 6.07 Å². The highest BCUT2D eigenvalue weighted by atomic mass is 35.5. The first-order valence-electron chi connectivity index (χ1n) is 6.85. The van der Waals surface area contributed by atoms with Crippen molar-refractivity contribution in [3.8, 4) is 17.2 Å².